The van der Waals surface area contributed by atoms with Crippen molar-refractivity contribution in [3.63, 3.8) is 0 Å². The Morgan fingerprint density at radius 1 is 1.14 bits per heavy atom. The number of anilines is 1. The minimum atomic E-state index is -0.785. The number of aromatic nitrogens is 4. The van der Waals surface area contributed by atoms with Crippen LogP contribution < -0.4 is 5.32 Å². The second kappa shape index (κ2) is 6.87. The van der Waals surface area contributed by atoms with Crippen LogP contribution in [0.25, 0.3) is 11.2 Å². The number of carbonyl (C=O) groups is 1. The summed E-state index contributed by atoms with van der Waals surface area (Å²) in [5.74, 6) is -0.158. The second-order valence-electron chi connectivity index (χ2n) is 7.58. The second-order valence-corrected chi connectivity index (χ2v) is 7.58. The number of benzene rings is 1. The highest BCUT2D eigenvalue weighted by molar-refractivity contribution is 5.82. The van der Waals surface area contributed by atoms with E-state index >= 15 is 0 Å². The maximum Gasteiger partial charge on any atom is 0.167 e. The number of hydrogen-bond donors (Lipinski definition) is 1. The van der Waals surface area contributed by atoms with Crippen LogP contribution in [0.1, 0.15) is 25.6 Å². The molecule has 4 heterocycles. The van der Waals surface area contributed by atoms with E-state index in [-0.39, 0.29) is 0 Å². The Morgan fingerprint density at radius 2 is 1.93 bits per heavy atom. The molecule has 9 heteroatoms. The lowest BCUT2D eigenvalue weighted by molar-refractivity contribution is -0.194. The number of imidazole rings is 1. The van der Waals surface area contributed by atoms with E-state index in [4.69, 9.17) is 14.2 Å². The first-order valence-electron chi connectivity index (χ1n) is 9.47. The highest BCUT2D eigenvalue weighted by Crippen LogP contribution is 2.43. The first-order valence-corrected chi connectivity index (χ1v) is 9.47. The summed E-state index contributed by atoms with van der Waals surface area (Å²) in [5.41, 5.74) is 2.35. The van der Waals surface area contributed by atoms with Gasteiger partial charge in [0.05, 0.1) is 6.33 Å². The van der Waals surface area contributed by atoms with E-state index in [1.54, 1.807) is 10.9 Å². The van der Waals surface area contributed by atoms with E-state index in [0.29, 0.717) is 23.5 Å². The van der Waals surface area contributed by atoms with Crippen LogP contribution in [0.2, 0.25) is 0 Å². The third-order valence-electron chi connectivity index (χ3n) is 5.13. The zero-order valence-electron chi connectivity index (χ0n) is 16.1. The topological polar surface area (TPSA) is 100 Å². The van der Waals surface area contributed by atoms with E-state index in [2.05, 4.69) is 20.3 Å². The smallest absolute Gasteiger partial charge is 0.167 e. The minimum absolute atomic E-state index is 0.437. The quantitative estimate of drug-likeness (QED) is 0.655. The molecule has 29 heavy (non-hydrogen) atoms. The van der Waals surface area contributed by atoms with Crippen molar-refractivity contribution in [3.05, 3.63) is 48.5 Å². The van der Waals surface area contributed by atoms with Crippen LogP contribution in [-0.4, -0.2) is 49.9 Å². The molecule has 2 aliphatic rings. The van der Waals surface area contributed by atoms with Crippen molar-refractivity contribution in [2.24, 2.45) is 0 Å². The molecular weight excluding hydrogens is 374 g/mol. The SMILES string of the molecule is CC1(C)O[C@@H]2[C@@H](O1)[C@H](n1cnc3c(NCc4ccccc4)ncnc31)O[C@H]2C=O. The van der Waals surface area contributed by atoms with E-state index in [1.807, 2.05) is 44.2 Å². The first kappa shape index (κ1) is 18.2. The van der Waals surface area contributed by atoms with Crippen molar-refractivity contribution in [2.75, 3.05) is 5.32 Å². The molecule has 0 unspecified atom stereocenters. The van der Waals surface area contributed by atoms with Gasteiger partial charge in [0.1, 0.15) is 24.6 Å². The molecule has 2 aliphatic heterocycles. The fraction of sp³-hybridized carbons (Fsp3) is 0.400. The maximum absolute atomic E-state index is 11.5. The van der Waals surface area contributed by atoms with Gasteiger partial charge in [0.2, 0.25) is 0 Å². The Bertz CT molecular complexity index is 1040. The summed E-state index contributed by atoms with van der Waals surface area (Å²) in [6, 6.07) is 10.0. The largest absolute Gasteiger partial charge is 0.364 e. The van der Waals surface area contributed by atoms with E-state index < -0.39 is 30.3 Å². The first-order chi connectivity index (χ1) is 14.1. The fourth-order valence-corrected chi connectivity index (χ4v) is 3.89. The molecule has 4 atom stereocenters. The Kier molecular flexibility index (Phi) is 4.30. The van der Waals surface area contributed by atoms with Crippen molar-refractivity contribution in [1.29, 1.82) is 0 Å². The van der Waals surface area contributed by atoms with Crippen LogP contribution in [0.3, 0.4) is 0 Å². The fourth-order valence-electron chi connectivity index (χ4n) is 3.89. The van der Waals surface area contributed by atoms with Gasteiger partial charge in [-0.05, 0) is 19.4 Å². The van der Waals surface area contributed by atoms with E-state index in [1.165, 1.54) is 6.33 Å². The zero-order chi connectivity index (χ0) is 20.0. The molecule has 3 aromatic rings. The number of nitrogens with zero attached hydrogens (tertiary/aromatic N) is 4. The van der Waals surface area contributed by atoms with E-state index in [9.17, 15) is 4.79 Å². The van der Waals surface area contributed by atoms with Gasteiger partial charge in [0.15, 0.2) is 35.3 Å². The number of ether oxygens (including phenoxy) is 3. The van der Waals surface area contributed by atoms with Gasteiger partial charge in [-0.25, -0.2) is 15.0 Å². The van der Waals surface area contributed by atoms with Gasteiger partial charge in [-0.15, -0.1) is 0 Å². The molecule has 1 aromatic carbocycles. The molecular formula is C20H21N5O4. The Balaban J connectivity index is 1.45. The summed E-state index contributed by atoms with van der Waals surface area (Å²) in [6.07, 6.45) is 1.68. The molecule has 0 aliphatic carbocycles. The monoisotopic (exact) mass is 395 g/mol. The van der Waals surface area contributed by atoms with Gasteiger partial charge in [0, 0.05) is 6.54 Å². The Hall–Kier alpha value is -2.88. The molecule has 1 N–H and O–H groups in total. The minimum Gasteiger partial charge on any atom is -0.364 e. The third kappa shape index (κ3) is 3.17. The lowest BCUT2D eigenvalue weighted by Crippen LogP contribution is -2.30. The summed E-state index contributed by atoms with van der Waals surface area (Å²) in [4.78, 5) is 24.7. The van der Waals surface area contributed by atoms with Gasteiger partial charge in [-0.1, -0.05) is 30.3 Å². The van der Waals surface area contributed by atoms with Crippen LogP contribution in [-0.2, 0) is 25.5 Å². The lowest BCUT2D eigenvalue weighted by Gasteiger charge is -2.23. The number of fused-ring (bicyclic) bond motifs is 2. The molecule has 0 spiro atoms. The standard InChI is InChI=1S/C20H21N5O4/c1-20(2)28-15-13(9-26)27-19(16(15)29-20)25-11-24-14-17(22-10-23-18(14)25)21-8-12-6-4-3-5-7-12/h3-7,9-11,13,15-16,19H,8H2,1-2H3,(H,21,22,23)/t13-,15-,16+,19+/m0/s1. The number of rotatable bonds is 5. The highest BCUT2D eigenvalue weighted by Gasteiger charge is 2.56. The predicted molar refractivity (Wildman–Crippen MR) is 103 cm³/mol. The average Bonchev–Trinajstić information content (AvgIpc) is 3.37. The third-order valence-corrected chi connectivity index (χ3v) is 5.13. The number of aldehydes is 1. The van der Waals surface area contributed by atoms with Gasteiger partial charge in [-0.3, -0.25) is 4.57 Å². The summed E-state index contributed by atoms with van der Waals surface area (Å²) < 4.78 is 19.6. The predicted octanol–water partition coefficient (Wildman–Crippen LogP) is 2.05. The van der Waals surface area contributed by atoms with Crippen LogP contribution in [0.5, 0.6) is 0 Å². The van der Waals surface area contributed by atoms with Crippen LogP contribution in [0.4, 0.5) is 5.82 Å². The summed E-state index contributed by atoms with van der Waals surface area (Å²) >= 11 is 0. The van der Waals surface area contributed by atoms with Crippen LogP contribution in [0.15, 0.2) is 43.0 Å². The number of hydrogen-bond acceptors (Lipinski definition) is 8. The maximum atomic E-state index is 11.5. The molecule has 0 bridgehead atoms. The van der Waals surface area contributed by atoms with Crippen molar-refractivity contribution >= 4 is 23.3 Å². The van der Waals surface area contributed by atoms with Crippen molar-refractivity contribution in [2.45, 2.75) is 50.7 Å². The summed E-state index contributed by atoms with van der Waals surface area (Å²) in [7, 11) is 0. The summed E-state index contributed by atoms with van der Waals surface area (Å²) in [5, 5.41) is 3.31. The van der Waals surface area contributed by atoms with Gasteiger partial charge in [0.25, 0.3) is 0 Å². The van der Waals surface area contributed by atoms with Crippen molar-refractivity contribution in [3.8, 4) is 0 Å². The molecule has 0 radical (unpaired) electrons. The Morgan fingerprint density at radius 3 is 2.72 bits per heavy atom. The van der Waals surface area contributed by atoms with E-state index in [0.717, 1.165) is 11.8 Å². The normalized spacial score (nSPS) is 27.8. The zero-order valence-corrected chi connectivity index (χ0v) is 16.1. The highest BCUT2D eigenvalue weighted by atomic mass is 16.8. The Labute approximate surface area is 167 Å². The van der Waals surface area contributed by atoms with Crippen molar-refractivity contribution < 1.29 is 19.0 Å². The number of nitrogens with one attached hydrogen (secondary N) is 1. The molecule has 0 saturated carbocycles. The molecule has 9 nitrogen and oxygen atoms in total. The molecule has 0 amide bonds. The summed E-state index contributed by atoms with van der Waals surface area (Å²) in [6.45, 7) is 4.26. The molecule has 2 fully saturated rings. The van der Waals surface area contributed by atoms with Crippen LogP contribution >= 0.6 is 0 Å². The van der Waals surface area contributed by atoms with Gasteiger partial charge in [-0.2, -0.15) is 0 Å². The van der Waals surface area contributed by atoms with Crippen molar-refractivity contribution in [1.82, 2.24) is 19.5 Å². The molecule has 150 valence electrons. The lowest BCUT2D eigenvalue weighted by atomic mass is 10.1. The molecule has 2 aromatic heterocycles. The van der Waals surface area contributed by atoms with Gasteiger partial charge >= 0.3 is 0 Å². The molecule has 2 saturated heterocycles. The van der Waals surface area contributed by atoms with Gasteiger partial charge < -0.3 is 24.3 Å². The number of carbonyl (C=O) groups excluding carboxylic acids is 1. The average molecular weight is 395 g/mol. The molecule has 5 rings (SSSR count). The van der Waals surface area contributed by atoms with Crippen LogP contribution in [0, 0.1) is 0 Å².